The SMILES string of the molecule is CNC(=S)N1N=C(c2cc(OC)ccc2OC)CC1c1ccc(C)cc1. The summed E-state index contributed by atoms with van der Waals surface area (Å²) in [5.74, 6) is 1.54. The van der Waals surface area contributed by atoms with E-state index in [2.05, 4.69) is 36.5 Å². The van der Waals surface area contributed by atoms with Gasteiger partial charge in [-0.1, -0.05) is 29.8 Å². The zero-order valence-electron chi connectivity index (χ0n) is 15.4. The molecular formula is C20H23N3O2S. The van der Waals surface area contributed by atoms with Crippen LogP contribution in [0.4, 0.5) is 0 Å². The van der Waals surface area contributed by atoms with Crippen molar-refractivity contribution in [2.75, 3.05) is 21.3 Å². The average Bonchev–Trinajstić information content (AvgIpc) is 3.12. The van der Waals surface area contributed by atoms with Crippen LogP contribution in [0.1, 0.15) is 29.2 Å². The van der Waals surface area contributed by atoms with Crippen molar-refractivity contribution in [1.29, 1.82) is 0 Å². The molecule has 1 N–H and O–H groups in total. The van der Waals surface area contributed by atoms with Gasteiger partial charge in [-0.15, -0.1) is 0 Å². The Balaban J connectivity index is 2.01. The lowest BCUT2D eigenvalue weighted by Gasteiger charge is -2.23. The highest BCUT2D eigenvalue weighted by molar-refractivity contribution is 7.80. The first-order valence-corrected chi connectivity index (χ1v) is 8.85. The third kappa shape index (κ3) is 3.51. The third-order valence-corrected chi connectivity index (χ3v) is 4.90. The minimum atomic E-state index is 0.0430. The van der Waals surface area contributed by atoms with Crippen molar-refractivity contribution in [1.82, 2.24) is 10.3 Å². The molecular weight excluding hydrogens is 346 g/mol. The first-order valence-electron chi connectivity index (χ1n) is 8.44. The van der Waals surface area contributed by atoms with E-state index < -0.39 is 0 Å². The van der Waals surface area contributed by atoms with Crippen LogP contribution in [0.3, 0.4) is 0 Å². The van der Waals surface area contributed by atoms with E-state index in [9.17, 15) is 0 Å². The van der Waals surface area contributed by atoms with Gasteiger partial charge in [0, 0.05) is 19.0 Å². The summed E-state index contributed by atoms with van der Waals surface area (Å²) >= 11 is 5.48. The Morgan fingerprint density at radius 1 is 1.15 bits per heavy atom. The molecule has 0 bridgehead atoms. The summed E-state index contributed by atoms with van der Waals surface area (Å²) < 4.78 is 10.9. The van der Waals surface area contributed by atoms with E-state index in [0.717, 1.165) is 29.2 Å². The highest BCUT2D eigenvalue weighted by Gasteiger charge is 2.32. The van der Waals surface area contributed by atoms with E-state index in [1.807, 2.05) is 30.3 Å². The standard InChI is InChI=1S/C20H23N3O2S/c1-13-5-7-14(8-6-13)18-12-17(22-23(18)20(26)21-2)16-11-15(24-3)9-10-19(16)25-4/h5-11,18H,12H2,1-4H3,(H,21,26). The molecule has 136 valence electrons. The summed E-state index contributed by atoms with van der Waals surface area (Å²) in [6.07, 6.45) is 0.731. The van der Waals surface area contributed by atoms with Crippen LogP contribution in [-0.4, -0.2) is 37.1 Å². The maximum Gasteiger partial charge on any atom is 0.189 e. The quantitative estimate of drug-likeness (QED) is 0.833. The van der Waals surface area contributed by atoms with Crippen molar-refractivity contribution in [2.24, 2.45) is 5.10 Å². The molecule has 1 aliphatic rings. The smallest absolute Gasteiger partial charge is 0.189 e. The lowest BCUT2D eigenvalue weighted by atomic mass is 9.97. The summed E-state index contributed by atoms with van der Waals surface area (Å²) in [5.41, 5.74) is 4.24. The van der Waals surface area contributed by atoms with Crippen LogP contribution in [0.2, 0.25) is 0 Å². The second-order valence-corrected chi connectivity index (χ2v) is 6.53. The molecule has 0 aliphatic carbocycles. The highest BCUT2D eigenvalue weighted by Crippen LogP contribution is 2.36. The number of nitrogens with zero attached hydrogens (tertiary/aromatic N) is 2. The number of methoxy groups -OCH3 is 2. The molecule has 2 aromatic carbocycles. The Morgan fingerprint density at radius 3 is 2.50 bits per heavy atom. The van der Waals surface area contributed by atoms with Crippen molar-refractivity contribution in [3.05, 3.63) is 59.2 Å². The molecule has 1 atom stereocenters. The fraction of sp³-hybridized carbons (Fsp3) is 0.300. The average molecular weight is 369 g/mol. The van der Waals surface area contributed by atoms with Gasteiger partial charge in [0.05, 0.1) is 26.0 Å². The molecule has 0 saturated carbocycles. The van der Waals surface area contributed by atoms with Crippen molar-refractivity contribution < 1.29 is 9.47 Å². The molecule has 1 heterocycles. The maximum atomic E-state index is 5.53. The fourth-order valence-corrected chi connectivity index (χ4v) is 3.23. The molecule has 26 heavy (non-hydrogen) atoms. The fourth-order valence-electron chi connectivity index (χ4n) is 3.06. The lowest BCUT2D eigenvalue weighted by molar-refractivity contribution is 0.366. The van der Waals surface area contributed by atoms with Crippen molar-refractivity contribution in [2.45, 2.75) is 19.4 Å². The molecule has 0 aromatic heterocycles. The van der Waals surface area contributed by atoms with E-state index in [0.29, 0.717) is 5.11 Å². The van der Waals surface area contributed by atoms with Gasteiger partial charge in [0.2, 0.25) is 0 Å². The van der Waals surface area contributed by atoms with E-state index in [4.69, 9.17) is 26.8 Å². The predicted octanol–water partition coefficient (Wildman–Crippen LogP) is 3.67. The summed E-state index contributed by atoms with van der Waals surface area (Å²) in [4.78, 5) is 0. The van der Waals surface area contributed by atoms with Crippen LogP contribution in [0.5, 0.6) is 11.5 Å². The number of hydrazone groups is 1. The van der Waals surface area contributed by atoms with Gasteiger partial charge in [0.25, 0.3) is 0 Å². The minimum absolute atomic E-state index is 0.0430. The van der Waals surface area contributed by atoms with Crippen LogP contribution in [-0.2, 0) is 0 Å². The van der Waals surface area contributed by atoms with Crippen LogP contribution in [0.25, 0.3) is 0 Å². The Hall–Kier alpha value is -2.60. The normalized spacial score (nSPS) is 16.2. The molecule has 3 rings (SSSR count). The first-order chi connectivity index (χ1) is 12.6. The molecule has 0 spiro atoms. The van der Waals surface area contributed by atoms with Gasteiger partial charge in [0.15, 0.2) is 5.11 Å². The molecule has 6 heteroatoms. The second-order valence-electron chi connectivity index (χ2n) is 6.14. The Bertz CT molecular complexity index is 833. The van der Waals surface area contributed by atoms with Gasteiger partial charge >= 0.3 is 0 Å². The summed E-state index contributed by atoms with van der Waals surface area (Å²) in [6.45, 7) is 2.08. The number of aryl methyl sites for hydroxylation is 1. The van der Waals surface area contributed by atoms with Crippen LogP contribution in [0.15, 0.2) is 47.6 Å². The van der Waals surface area contributed by atoms with Gasteiger partial charge in [-0.3, -0.25) is 0 Å². The predicted molar refractivity (Wildman–Crippen MR) is 108 cm³/mol. The van der Waals surface area contributed by atoms with E-state index in [1.54, 1.807) is 14.2 Å². The Kier molecular flexibility index (Phi) is 5.42. The molecule has 0 fully saturated rings. The number of nitrogens with one attached hydrogen (secondary N) is 1. The molecule has 1 unspecified atom stereocenters. The number of ether oxygens (including phenoxy) is 2. The number of hydrogen-bond acceptors (Lipinski definition) is 4. The van der Waals surface area contributed by atoms with E-state index in [-0.39, 0.29) is 6.04 Å². The zero-order valence-corrected chi connectivity index (χ0v) is 16.3. The molecule has 5 nitrogen and oxygen atoms in total. The van der Waals surface area contributed by atoms with Crippen molar-refractivity contribution in [3.8, 4) is 11.5 Å². The van der Waals surface area contributed by atoms with Crippen LogP contribution >= 0.6 is 12.2 Å². The number of rotatable bonds is 4. The zero-order chi connectivity index (χ0) is 18.7. The topological polar surface area (TPSA) is 46.1 Å². The summed E-state index contributed by atoms with van der Waals surface area (Å²) in [7, 11) is 5.13. The van der Waals surface area contributed by atoms with Gasteiger partial charge in [0.1, 0.15) is 11.5 Å². The second kappa shape index (κ2) is 7.74. The Morgan fingerprint density at radius 2 is 1.88 bits per heavy atom. The van der Waals surface area contributed by atoms with Crippen molar-refractivity contribution in [3.63, 3.8) is 0 Å². The summed E-state index contributed by atoms with van der Waals surface area (Å²) in [5, 5.41) is 10.3. The van der Waals surface area contributed by atoms with E-state index >= 15 is 0 Å². The first kappa shape index (κ1) is 18.2. The maximum absolute atomic E-state index is 5.53. The van der Waals surface area contributed by atoms with Gasteiger partial charge in [-0.25, -0.2) is 5.01 Å². The summed E-state index contributed by atoms with van der Waals surface area (Å²) in [6, 6.07) is 14.3. The van der Waals surface area contributed by atoms with Crippen molar-refractivity contribution >= 4 is 23.0 Å². The number of hydrogen-bond donors (Lipinski definition) is 1. The Labute approximate surface area is 159 Å². The van der Waals surface area contributed by atoms with Gasteiger partial charge in [-0.05, 0) is 42.9 Å². The largest absolute Gasteiger partial charge is 0.497 e. The molecule has 0 amide bonds. The molecule has 0 radical (unpaired) electrons. The van der Waals surface area contributed by atoms with Crippen LogP contribution < -0.4 is 14.8 Å². The number of benzene rings is 2. The third-order valence-electron chi connectivity index (χ3n) is 4.51. The van der Waals surface area contributed by atoms with Crippen LogP contribution in [0, 0.1) is 6.92 Å². The van der Waals surface area contributed by atoms with Gasteiger partial charge < -0.3 is 14.8 Å². The van der Waals surface area contributed by atoms with Gasteiger partial charge in [-0.2, -0.15) is 5.10 Å². The monoisotopic (exact) mass is 369 g/mol. The number of thiocarbonyl (C=S) groups is 1. The van der Waals surface area contributed by atoms with E-state index in [1.165, 1.54) is 11.1 Å². The highest BCUT2D eigenvalue weighted by atomic mass is 32.1. The molecule has 0 saturated heterocycles. The molecule has 2 aromatic rings. The molecule has 1 aliphatic heterocycles. The minimum Gasteiger partial charge on any atom is -0.497 e. The lowest BCUT2D eigenvalue weighted by Crippen LogP contribution is -2.34.